The summed E-state index contributed by atoms with van der Waals surface area (Å²) in [6, 6.07) is 13.8. The van der Waals surface area contributed by atoms with Crippen molar-refractivity contribution in [3.8, 4) is 0 Å². The number of aryl methyl sites for hydroxylation is 1. The minimum Gasteiger partial charge on any atom is -0.363 e. The number of carbonyl (C=O) groups excluding carboxylic acids is 1. The average Bonchev–Trinajstić information content (AvgIpc) is 3.47. The van der Waals surface area contributed by atoms with E-state index in [1.807, 2.05) is 31.2 Å². The smallest absolute Gasteiger partial charge is 0.262 e. The summed E-state index contributed by atoms with van der Waals surface area (Å²) in [5, 5.41) is 14.3. The van der Waals surface area contributed by atoms with E-state index >= 15 is 0 Å². The molecule has 0 spiro atoms. The molecule has 0 aliphatic carbocycles. The predicted octanol–water partition coefficient (Wildman–Crippen LogP) is 5.19. The Balaban J connectivity index is 1.35. The number of nitrogens with one attached hydrogen (secondary N) is 2. The highest BCUT2D eigenvalue weighted by Gasteiger charge is 2.36. The van der Waals surface area contributed by atoms with Crippen molar-refractivity contribution in [2.45, 2.75) is 38.4 Å². The van der Waals surface area contributed by atoms with E-state index in [9.17, 15) is 18.0 Å². The summed E-state index contributed by atoms with van der Waals surface area (Å²) in [4.78, 5) is 13.0. The van der Waals surface area contributed by atoms with Gasteiger partial charge < -0.3 is 10.6 Å². The van der Waals surface area contributed by atoms with Crippen molar-refractivity contribution in [2.75, 3.05) is 10.6 Å². The number of halogens is 3. The third kappa shape index (κ3) is 4.77. The molecule has 7 nitrogen and oxygen atoms in total. The molecule has 10 heteroatoms. The lowest BCUT2D eigenvalue weighted by Gasteiger charge is -2.32. The second kappa shape index (κ2) is 9.28. The molecule has 2 unspecified atom stereocenters. The number of aromatic nitrogens is 4. The van der Waals surface area contributed by atoms with Gasteiger partial charge in [-0.25, -0.2) is 17.9 Å². The van der Waals surface area contributed by atoms with Crippen LogP contribution in [0, 0.1) is 12.7 Å². The van der Waals surface area contributed by atoms with Gasteiger partial charge in [-0.3, -0.25) is 9.48 Å². The Hall–Kier alpha value is -4.08. The van der Waals surface area contributed by atoms with Crippen molar-refractivity contribution in [3.63, 3.8) is 0 Å². The fraction of sp³-hybridized carbons (Fsp3) is 0.240. The van der Waals surface area contributed by atoms with E-state index in [1.54, 1.807) is 29.1 Å². The van der Waals surface area contributed by atoms with Gasteiger partial charge in [0.1, 0.15) is 23.2 Å². The lowest BCUT2D eigenvalue weighted by Crippen LogP contribution is -2.31. The van der Waals surface area contributed by atoms with Crippen LogP contribution < -0.4 is 10.6 Å². The van der Waals surface area contributed by atoms with Crippen LogP contribution in [0.2, 0.25) is 0 Å². The molecule has 2 N–H and O–H groups in total. The zero-order chi connectivity index (χ0) is 24.5. The van der Waals surface area contributed by atoms with E-state index in [-0.39, 0.29) is 29.7 Å². The molecule has 0 fully saturated rings. The highest BCUT2D eigenvalue weighted by molar-refractivity contribution is 6.07. The summed E-state index contributed by atoms with van der Waals surface area (Å²) >= 11 is 0. The van der Waals surface area contributed by atoms with Crippen molar-refractivity contribution in [3.05, 3.63) is 95.1 Å². The minimum atomic E-state index is -2.64. The molecule has 0 bridgehead atoms. The Kier molecular flexibility index (Phi) is 6.02. The van der Waals surface area contributed by atoms with Crippen LogP contribution in [0.25, 0.3) is 0 Å². The summed E-state index contributed by atoms with van der Waals surface area (Å²) in [6.07, 6.45) is 0.483. The topological polar surface area (TPSA) is 76.8 Å². The lowest BCUT2D eigenvalue weighted by atomic mass is 9.96. The van der Waals surface area contributed by atoms with Gasteiger partial charge in [0.15, 0.2) is 5.82 Å². The highest BCUT2D eigenvalue weighted by Crippen LogP contribution is 2.39. The van der Waals surface area contributed by atoms with Crippen molar-refractivity contribution < 1.29 is 18.0 Å². The van der Waals surface area contributed by atoms with Gasteiger partial charge in [0.2, 0.25) is 0 Å². The van der Waals surface area contributed by atoms with E-state index in [4.69, 9.17) is 0 Å². The number of carbonyl (C=O) groups is 1. The Morgan fingerprint density at radius 2 is 1.89 bits per heavy atom. The Bertz CT molecular complexity index is 1330. The first-order valence-electron chi connectivity index (χ1n) is 11.2. The van der Waals surface area contributed by atoms with E-state index in [0.29, 0.717) is 12.4 Å². The van der Waals surface area contributed by atoms with Gasteiger partial charge in [-0.15, -0.1) is 0 Å². The maximum atomic E-state index is 13.9. The number of anilines is 2. The van der Waals surface area contributed by atoms with Crippen LogP contribution in [-0.2, 0) is 6.54 Å². The molecule has 1 aliphatic rings. The van der Waals surface area contributed by atoms with Crippen LogP contribution in [0.1, 0.15) is 45.6 Å². The molecule has 4 aromatic rings. The standard InChI is InChI=1S/C25H23F3N6O/c1-15-2-6-17(7-3-15)20-12-21(23(27)28)34-24(30-20)19(13-29-34)25(35)31-22-10-11-33(32-22)14-16-4-8-18(26)9-5-16/h2-11,13,20-21,23,30H,12,14H2,1H3,(H,31,32,35). The Labute approximate surface area is 199 Å². The molecule has 35 heavy (non-hydrogen) atoms. The fourth-order valence-corrected chi connectivity index (χ4v) is 4.19. The van der Waals surface area contributed by atoms with Crippen molar-refractivity contribution in [2.24, 2.45) is 0 Å². The Morgan fingerprint density at radius 1 is 1.14 bits per heavy atom. The SMILES string of the molecule is Cc1ccc(C2CC(C(F)F)n3ncc(C(=O)Nc4ccn(Cc5ccc(F)cc5)n4)c3N2)cc1. The molecular weight excluding hydrogens is 457 g/mol. The zero-order valence-electron chi connectivity index (χ0n) is 18.8. The molecule has 5 rings (SSSR count). The quantitative estimate of drug-likeness (QED) is 0.398. The molecule has 3 heterocycles. The van der Waals surface area contributed by atoms with Crippen LogP contribution in [0.4, 0.5) is 24.8 Å². The minimum absolute atomic E-state index is 0.143. The van der Waals surface area contributed by atoms with Crippen LogP contribution in [-0.4, -0.2) is 31.9 Å². The molecule has 0 saturated carbocycles. The van der Waals surface area contributed by atoms with Crippen molar-refractivity contribution >= 4 is 17.5 Å². The molecule has 2 aromatic heterocycles. The van der Waals surface area contributed by atoms with Gasteiger partial charge in [0, 0.05) is 12.3 Å². The van der Waals surface area contributed by atoms with E-state index < -0.39 is 18.4 Å². The predicted molar refractivity (Wildman–Crippen MR) is 125 cm³/mol. The summed E-state index contributed by atoms with van der Waals surface area (Å²) in [5.41, 5.74) is 2.93. The number of rotatable bonds is 6. The van der Waals surface area contributed by atoms with E-state index in [2.05, 4.69) is 20.8 Å². The second-order valence-corrected chi connectivity index (χ2v) is 8.58. The summed E-state index contributed by atoms with van der Waals surface area (Å²) in [6.45, 7) is 2.35. The summed E-state index contributed by atoms with van der Waals surface area (Å²) < 4.78 is 43.7. The molecule has 1 aliphatic heterocycles. The maximum absolute atomic E-state index is 13.9. The first-order valence-corrected chi connectivity index (χ1v) is 11.2. The molecule has 2 atom stereocenters. The van der Waals surface area contributed by atoms with Gasteiger partial charge in [-0.1, -0.05) is 42.0 Å². The van der Waals surface area contributed by atoms with Gasteiger partial charge in [0.25, 0.3) is 12.3 Å². The average molecular weight is 480 g/mol. The van der Waals surface area contributed by atoms with E-state index in [1.165, 1.54) is 23.0 Å². The maximum Gasteiger partial charge on any atom is 0.262 e. The molecular formula is C25H23F3N6O. The van der Waals surface area contributed by atoms with Crippen LogP contribution in [0.15, 0.2) is 67.0 Å². The molecule has 0 radical (unpaired) electrons. The van der Waals surface area contributed by atoms with Crippen LogP contribution >= 0.6 is 0 Å². The zero-order valence-corrected chi connectivity index (χ0v) is 18.8. The third-order valence-electron chi connectivity index (χ3n) is 6.05. The third-order valence-corrected chi connectivity index (χ3v) is 6.05. The number of hydrogen-bond donors (Lipinski definition) is 2. The summed E-state index contributed by atoms with van der Waals surface area (Å²) in [5.74, 6) is -0.286. The summed E-state index contributed by atoms with van der Waals surface area (Å²) in [7, 11) is 0. The number of fused-ring (bicyclic) bond motifs is 1. The normalized spacial score (nSPS) is 17.2. The van der Waals surface area contributed by atoms with Crippen LogP contribution in [0.3, 0.4) is 0 Å². The molecule has 0 saturated heterocycles. The van der Waals surface area contributed by atoms with Crippen molar-refractivity contribution in [1.82, 2.24) is 19.6 Å². The first kappa shape index (κ1) is 22.7. The van der Waals surface area contributed by atoms with E-state index in [0.717, 1.165) is 16.7 Å². The van der Waals surface area contributed by atoms with Gasteiger partial charge in [-0.05, 0) is 36.6 Å². The number of hydrogen-bond acceptors (Lipinski definition) is 4. The molecule has 180 valence electrons. The Morgan fingerprint density at radius 3 is 2.60 bits per heavy atom. The van der Waals surface area contributed by atoms with Gasteiger partial charge in [-0.2, -0.15) is 10.2 Å². The number of benzene rings is 2. The number of nitrogens with zero attached hydrogens (tertiary/aromatic N) is 4. The highest BCUT2D eigenvalue weighted by atomic mass is 19.3. The molecule has 1 amide bonds. The van der Waals surface area contributed by atoms with Gasteiger partial charge in [0.05, 0.1) is 18.8 Å². The lowest BCUT2D eigenvalue weighted by molar-refractivity contribution is 0.0657. The van der Waals surface area contributed by atoms with Crippen molar-refractivity contribution in [1.29, 1.82) is 0 Å². The fourth-order valence-electron chi connectivity index (χ4n) is 4.19. The molecule has 2 aromatic carbocycles. The number of alkyl halides is 2. The monoisotopic (exact) mass is 480 g/mol. The van der Waals surface area contributed by atoms with Crippen LogP contribution in [0.5, 0.6) is 0 Å². The first-order chi connectivity index (χ1) is 16.9. The largest absolute Gasteiger partial charge is 0.363 e. The van der Waals surface area contributed by atoms with Gasteiger partial charge >= 0.3 is 0 Å². The number of amides is 1. The second-order valence-electron chi connectivity index (χ2n) is 8.58.